The number of esters is 1. The van der Waals surface area contributed by atoms with E-state index in [1.54, 1.807) is 0 Å². The lowest BCUT2D eigenvalue weighted by atomic mass is 10.1. The first kappa shape index (κ1) is 15.6. The van der Waals surface area contributed by atoms with Gasteiger partial charge in [-0.1, -0.05) is 0 Å². The van der Waals surface area contributed by atoms with Crippen LogP contribution in [0.25, 0.3) is 0 Å². The average Bonchev–Trinajstić information content (AvgIpc) is 2.78. The fourth-order valence-electron chi connectivity index (χ4n) is 2.26. The minimum Gasteiger partial charge on any atom is -0.462 e. The van der Waals surface area contributed by atoms with Crippen molar-refractivity contribution in [3.8, 4) is 0 Å². The predicted molar refractivity (Wildman–Crippen MR) is 66.7 cm³/mol. The molecule has 2 rings (SSSR count). The van der Waals surface area contributed by atoms with Crippen LogP contribution in [0.2, 0.25) is 0 Å². The number of rotatable bonds is 3. The first-order valence-corrected chi connectivity index (χ1v) is 6.56. The van der Waals surface area contributed by atoms with Crippen molar-refractivity contribution in [1.29, 1.82) is 0 Å². The molecule has 0 radical (unpaired) electrons. The first-order chi connectivity index (χ1) is 9.86. The maximum atomic E-state index is 13.0. The van der Waals surface area contributed by atoms with Gasteiger partial charge in [0.05, 0.1) is 12.6 Å². The number of hydrogen-bond acceptors (Lipinski definition) is 5. The number of ether oxygens (including phenoxy) is 2. The average molecular weight is 307 g/mol. The third-order valence-corrected chi connectivity index (χ3v) is 3.23. The van der Waals surface area contributed by atoms with E-state index in [0.717, 1.165) is 4.68 Å². The van der Waals surface area contributed by atoms with E-state index < -0.39 is 23.4 Å². The van der Waals surface area contributed by atoms with Gasteiger partial charge in [0.15, 0.2) is 5.69 Å². The minimum atomic E-state index is -4.77. The van der Waals surface area contributed by atoms with Crippen molar-refractivity contribution in [1.82, 2.24) is 9.78 Å². The second-order valence-electron chi connectivity index (χ2n) is 4.62. The van der Waals surface area contributed by atoms with Crippen LogP contribution in [0.15, 0.2) is 0 Å². The lowest BCUT2D eigenvalue weighted by molar-refractivity contribution is -0.142. The zero-order chi connectivity index (χ0) is 15.6. The topological polar surface area (TPSA) is 79.4 Å². The monoisotopic (exact) mass is 307 g/mol. The Morgan fingerprint density at radius 2 is 2.10 bits per heavy atom. The molecule has 1 fully saturated rings. The van der Waals surface area contributed by atoms with E-state index in [-0.39, 0.29) is 18.5 Å². The minimum absolute atomic E-state index is 0.0436. The van der Waals surface area contributed by atoms with Crippen molar-refractivity contribution in [3.63, 3.8) is 0 Å². The fraction of sp³-hybridized carbons (Fsp3) is 0.667. The summed E-state index contributed by atoms with van der Waals surface area (Å²) in [6.45, 7) is 2.29. The number of anilines is 1. The van der Waals surface area contributed by atoms with Crippen molar-refractivity contribution in [2.45, 2.75) is 32.0 Å². The van der Waals surface area contributed by atoms with Crippen LogP contribution in [-0.2, 0) is 15.7 Å². The molecule has 0 atom stereocenters. The number of carbonyl (C=O) groups is 1. The molecule has 0 bridgehead atoms. The van der Waals surface area contributed by atoms with Gasteiger partial charge in [-0.3, -0.25) is 0 Å². The van der Waals surface area contributed by atoms with Crippen molar-refractivity contribution in [3.05, 3.63) is 11.3 Å². The maximum absolute atomic E-state index is 13.0. The number of halogens is 3. The Bertz CT molecular complexity index is 522. The predicted octanol–water partition coefficient (Wildman–Crippen LogP) is 2.01. The van der Waals surface area contributed by atoms with E-state index in [0.29, 0.717) is 26.1 Å². The molecule has 2 heterocycles. The molecule has 1 aromatic heterocycles. The summed E-state index contributed by atoms with van der Waals surface area (Å²) >= 11 is 0. The van der Waals surface area contributed by atoms with Crippen LogP contribution in [0.4, 0.5) is 19.0 Å². The molecule has 21 heavy (non-hydrogen) atoms. The third kappa shape index (κ3) is 3.12. The van der Waals surface area contributed by atoms with E-state index >= 15 is 0 Å². The Balaban J connectivity index is 2.46. The van der Waals surface area contributed by atoms with Gasteiger partial charge in [-0.15, -0.1) is 0 Å². The largest absolute Gasteiger partial charge is 0.462 e. The molecule has 118 valence electrons. The van der Waals surface area contributed by atoms with Crippen LogP contribution in [0.3, 0.4) is 0 Å². The SMILES string of the molecule is CCOC(=O)c1c(C(F)(F)F)nn(C2CCOCC2)c1N. The molecule has 1 saturated heterocycles. The van der Waals surface area contributed by atoms with Crippen LogP contribution >= 0.6 is 0 Å². The highest BCUT2D eigenvalue weighted by atomic mass is 19.4. The number of aromatic nitrogens is 2. The molecular weight excluding hydrogens is 291 g/mol. The van der Waals surface area contributed by atoms with Gasteiger partial charge in [0.1, 0.15) is 11.4 Å². The summed E-state index contributed by atoms with van der Waals surface area (Å²) in [5.74, 6) is -1.42. The molecule has 0 aliphatic carbocycles. The number of nitrogen functional groups attached to an aromatic ring is 1. The number of hydrogen-bond donors (Lipinski definition) is 1. The Morgan fingerprint density at radius 3 is 2.62 bits per heavy atom. The van der Waals surface area contributed by atoms with Crippen LogP contribution in [0, 0.1) is 0 Å². The Labute approximate surface area is 119 Å². The van der Waals surface area contributed by atoms with Gasteiger partial charge < -0.3 is 15.2 Å². The maximum Gasteiger partial charge on any atom is 0.436 e. The van der Waals surface area contributed by atoms with Gasteiger partial charge >= 0.3 is 12.1 Å². The second kappa shape index (κ2) is 5.92. The molecule has 1 aromatic rings. The molecular formula is C12H16F3N3O3. The van der Waals surface area contributed by atoms with Crippen molar-refractivity contribution in [2.24, 2.45) is 0 Å². The molecule has 1 aliphatic heterocycles. The van der Waals surface area contributed by atoms with Crippen LogP contribution in [-0.4, -0.2) is 35.6 Å². The summed E-state index contributed by atoms with van der Waals surface area (Å²) < 4.78 is 50.0. The zero-order valence-electron chi connectivity index (χ0n) is 11.4. The summed E-state index contributed by atoms with van der Waals surface area (Å²) in [6, 6.07) is -0.317. The van der Waals surface area contributed by atoms with Crippen molar-refractivity contribution < 1.29 is 27.4 Å². The van der Waals surface area contributed by atoms with E-state index in [9.17, 15) is 18.0 Å². The quantitative estimate of drug-likeness (QED) is 0.864. The second-order valence-corrected chi connectivity index (χ2v) is 4.62. The van der Waals surface area contributed by atoms with Gasteiger partial charge in [0, 0.05) is 13.2 Å². The van der Waals surface area contributed by atoms with Gasteiger partial charge in [0.25, 0.3) is 0 Å². The van der Waals surface area contributed by atoms with Crippen LogP contribution in [0.1, 0.15) is 41.9 Å². The molecule has 2 N–H and O–H groups in total. The molecule has 9 heteroatoms. The van der Waals surface area contributed by atoms with Crippen molar-refractivity contribution >= 4 is 11.8 Å². The zero-order valence-corrected chi connectivity index (χ0v) is 11.4. The number of carbonyl (C=O) groups excluding carboxylic acids is 1. The summed E-state index contributed by atoms with van der Waals surface area (Å²) in [5.41, 5.74) is 3.71. The van der Waals surface area contributed by atoms with Crippen LogP contribution in [0.5, 0.6) is 0 Å². The Kier molecular flexibility index (Phi) is 4.40. The van der Waals surface area contributed by atoms with E-state index in [1.807, 2.05) is 0 Å². The van der Waals surface area contributed by atoms with Gasteiger partial charge in [0.2, 0.25) is 0 Å². The van der Waals surface area contributed by atoms with Gasteiger partial charge in [-0.05, 0) is 19.8 Å². The lowest BCUT2D eigenvalue weighted by Crippen LogP contribution is -2.22. The standard InChI is InChI=1S/C12H16F3N3O3/c1-2-21-11(19)8-9(12(13,14)15)17-18(10(8)16)7-3-5-20-6-4-7/h7H,2-6,16H2,1H3. The molecule has 0 saturated carbocycles. The molecule has 0 spiro atoms. The van der Waals surface area contributed by atoms with Gasteiger partial charge in [-0.25, -0.2) is 9.48 Å². The normalized spacial score (nSPS) is 17.0. The molecule has 1 aliphatic rings. The molecule has 0 amide bonds. The van der Waals surface area contributed by atoms with Crippen molar-refractivity contribution in [2.75, 3.05) is 25.6 Å². The van der Waals surface area contributed by atoms with Gasteiger partial charge in [-0.2, -0.15) is 18.3 Å². The third-order valence-electron chi connectivity index (χ3n) is 3.23. The summed E-state index contributed by atoms with van der Waals surface area (Å²) in [4.78, 5) is 11.7. The Hall–Kier alpha value is -1.77. The Morgan fingerprint density at radius 1 is 1.48 bits per heavy atom. The molecule has 6 nitrogen and oxygen atoms in total. The summed E-state index contributed by atoms with van der Waals surface area (Å²) in [6.07, 6.45) is -3.79. The lowest BCUT2D eigenvalue weighted by Gasteiger charge is -2.23. The summed E-state index contributed by atoms with van der Waals surface area (Å²) in [7, 11) is 0. The summed E-state index contributed by atoms with van der Waals surface area (Å²) in [5, 5.41) is 3.52. The fourth-order valence-corrected chi connectivity index (χ4v) is 2.26. The van der Waals surface area contributed by atoms with Crippen LogP contribution < -0.4 is 5.73 Å². The van der Waals surface area contributed by atoms with E-state index in [4.69, 9.17) is 10.5 Å². The molecule has 0 unspecified atom stereocenters. The van der Waals surface area contributed by atoms with E-state index in [2.05, 4.69) is 9.84 Å². The first-order valence-electron chi connectivity index (χ1n) is 6.56. The highest BCUT2D eigenvalue weighted by molar-refractivity contribution is 5.95. The highest BCUT2D eigenvalue weighted by Gasteiger charge is 2.42. The number of nitrogens with zero attached hydrogens (tertiary/aromatic N) is 2. The smallest absolute Gasteiger partial charge is 0.436 e. The number of nitrogens with two attached hydrogens (primary N) is 1. The highest BCUT2D eigenvalue weighted by Crippen LogP contribution is 2.36. The number of alkyl halides is 3. The molecule has 0 aromatic carbocycles. The van der Waals surface area contributed by atoms with E-state index in [1.165, 1.54) is 6.92 Å².